The molecule has 2 atom stereocenters. The summed E-state index contributed by atoms with van der Waals surface area (Å²) in [5, 5.41) is 4.66. The molecule has 0 bridgehead atoms. The van der Waals surface area contributed by atoms with Gasteiger partial charge in [-0.15, -0.1) is 11.3 Å². The van der Waals surface area contributed by atoms with Gasteiger partial charge >= 0.3 is 0 Å². The minimum atomic E-state index is 0.346. The van der Waals surface area contributed by atoms with Gasteiger partial charge in [-0.2, -0.15) is 0 Å². The maximum Gasteiger partial charge on any atom is 0.185 e. The summed E-state index contributed by atoms with van der Waals surface area (Å²) in [5.41, 5.74) is 1.16. The maximum absolute atomic E-state index is 5.76. The summed E-state index contributed by atoms with van der Waals surface area (Å²) in [6.07, 6.45) is 0.346. The van der Waals surface area contributed by atoms with E-state index in [1.54, 1.807) is 11.3 Å². The van der Waals surface area contributed by atoms with Crippen LogP contribution in [-0.4, -0.2) is 43.4 Å². The molecule has 2 saturated heterocycles. The lowest BCUT2D eigenvalue weighted by molar-refractivity contribution is 0.0212. The SMILES string of the molecule is Cc1nc(N2C[C@@H]3NCCO[C@H]3C2)sc1C. The Morgan fingerprint density at radius 1 is 1.44 bits per heavy atom. The molecule has 0 spiro atoms. The van der Waals surface area contributed by atoms with Crippen molar-refractivity contribution in [3.8, 4) is 0 Å². The predicted molar refractivity (Wildman–Crippen MR) is 65.3 cm³/mol. The van der Waals surface area contributed by atoms with Gasteiger partial charge in [-0.25, -0.2) is 4.98 Å². The van der Waals surface area contributed by atoms with E-state index in [4.69, 9.17) is 4.74 Å². The number of aromatic nitrogens is 1. The Labute approximate surface area is 99.6 Å². The van der Waals surface area contributed by atoms with Gasteiger partial charge in [0.25, 0.3) is 0 Å². The molecule has 2 aliphatic rings. The fraction of sp³-hybridized carbons (Fsp3) is 0.727. The van der Waals surface area contributed by atoms with Crippen LogP contribution in [0.4, 0.5) is 5.13 Å². The van der Waals surface area contributed by atoms with Crippen LogP contribution < -0.4 is 10.2 Å². The summed E-state index contributed by atoms with van der Waals surface area (Å²) >= 11 is 1.79. The second kappa shape index (κ2) is 3.98. The van der Waals surface area contributed by atoms with Crippen molar-refractivity contribution in [2.75, 3.05) is 31.1 Å². The molecule has 2 fully saturated rings. The Morgan fingerprint density at radius 3 is 3.00 bits per heavy atom. The van der Waals surface area contributed by atoms with Gasteiger partial charge in [0.2, 0.25) is 0 Å². The van der Waals surface area contributed by atoms with Crippen molar-refractivity contribution in [2.45, 2.75) is 26.0 Å². The normalized spacial score (nSPS) is 29.5. The first-order chi connectivity index (χ1) is 7.74. The van der Waals surface area contributed by atoms with Gasteiger partial charge in [0, 0.05) is 24.5 Å². The van der Waals surface area contributed by atoms with Gasteiger partial charge in [0.1, 0.15) is 0 Å². The fourth-order valence-electron chi connectivity index (χ4n) is 2.34. The number of anilines is 1. The number of aryl methyl sites for hydroxylation is 2. The molecule has 0 unspecified atom stereocenters. The summed E-state index contributed by atoms with van der Waals surface area (Å²) in [5.74, 6) is 0. The lowest BCUT2D eigenvalue weighted by Crippen LogP contribution is -2.47. The third-order valence-electron chi connectivity index (χ3n) is 3.39. The molecule has 5 heteroatoms. The summed E-state index contributed by atoms with van der Waals surface area (Å²) in [4.78, 5) is 8.28. The Balaban J connectivity index is 1.77. The van der Waals surface area contributed by atoms with E-state index in [2.05, 4.69) is 29.0 Å². The Bertz CT molecular complexity index is 359. The molecular weight excluding hydrogens is 222 g/mol. The highest BCUT2D eigenvalue weighted by Crippen LogP contribution is 2.29. The second-order valence-electron chi connectivity index (χ2n) is 4.51. The van der Waals surface area contributed by atoms with E-state index in [1.165, 1.54) is 4.88 Å². The van der Waals surface area contributed by atoms with Crippen LogP contribution in [0.2, 0.25) is 0 Å². The number of fused-ring (bicyclic) bond motifs is 1. The summed E-state index contributed by atoms with van der Waals surface area (Å²) in [6, 6.07) is 0.485. The van der Waals surface area contributed by atoms with Crippen LogP contribution in [0.15, 0.2) is 0 Å². The lowest BCUT2D eigenvalue weighted by atomic mass is 10.2. The van der Waals surface area contributed by atoms with Crippen LogP contribution in [0.5, 0.6) is 0 Å². The monoisotopic (exact) mass is 239 g/mol. The quantitative estimate of drug-likeness (QED) is 0.791. The van der Waals surface area contributed by atoms with E-state index in [1.807, 2.05) is 0 Å². The molecule has 88 valence electrons. The van der Waals surface area contributed by atoms with Crippen LogP contribution in [-0.2, 0) is 4.74 Å². The number of nitrogens with one attached hydrogen (secondary N) is 1. The van der Waals surface area contributed by atoms with Gasteiger partial charge in [-0.3, -0.25) is 0 Å². The molecular formula is C11H17N3OS. The van der Waals surface area contributed by atoms with Crippen molar-refractivity contribution in [3.63, 3.8) is 0 Å². The predicted octanol–water partition coefficient (Wildman–Crippen LogP) is 0.937. The zero-order valence-electron chi connectivity index (χ0n) is 9.69. The van der Waals surface area contributed by atoms with Crippen molar-refractivity contribution in [3.05, 3.63) is 10.6 Å². The van der Waals surface area contributed by atoms with Crippen LogP contribution in [0.25, 0.3) is 0 Å². The molecule has 0 saturated carbocycles. The summed E-state index contributed by atoms with van der Waals surface area (Å²) in [7, 11) is 0. The van der Waals surface area contributed by atoms with E-state index < -0.39 is 0 Å². The molecule has 0 amide bonds. The maximum atomic E-state index is 5.76. The number of hydrogen-bond donors (Lipinski definition) is 1. The molecule has 4 nitrogen and oxygen atoms in total. The highest BCUT2D eigenvalue weighted by atomic mass is 32.1. The van der Waals surface area contributed by atoms with Crippen molar-refractivity contribution in [1.29, 1.82) is 0 Å². The van der Waals surface area contributed by atoms with Gasteiger partial charge < -0.3 is 15.0 Å². The lowest BCUT2D eigenvalue weighted by Gasteiger charge is -2.25. The molecule has 1 aromatic rings. The van der Waals surface area contributed by atoms with Crippen molar-refractivity contribution < 1.29 is 4.74 Å². The molecule has 0 aliphatic carbocycles. The van der Waals surface area contributed by atoms with Gasteiger partial charge in [0.05, 0.1) is 24.4 Å². The first-order valence-corrected chi connectivity index (χ1v) is 6.59. The third-order valence-corrected chi connectivity index (χ3v) is 4.53. The minimum Gasteiger partial charge on any atom is -0.373 e. The molecule has 2 aliphatic heterocycles. The molecule has 1 aromatic heterocycles. The Morgan fingerprint density at radius 2 is 2.31 bits per heavy atom. The smallest absolute Gasteiger partial charge is 0.185 e. The number of hydrogen-bond acceptors (Lipinski definition) is 5. The summed E-state index contributed by atoms with van der Waals surface area (Å²) in [6.45, 7) is 8.03. The molecule has 1 N–H and O–H groups in total. The standard InChI is InChI=1S/C11H17N3OS/c1-7-8(2)16-11(13-7)14-5-9-10(6-14)15-4-3-12-9/h9-10,12H,3-6H2,1-2H3/t9-,10-/m0/s1. The van der Waals surface area contributed by atoms with E-state index in [-0.39, 0.29) is 0 Å². The molecule has 0 radical (unpaired) electrons. The van der Waals surface area contributed by atoms with Crippen LogP contribution in [0, 0.1) is 13.8 Å². The first-order valence-electron chi connectivity index (χ1n) is 5.78. The number of thiazole rings is 1. The minimum absolute atomic E-state index is 0.346. The van der Waals surface area contributed by atoms with E-state index in [0.717, 1.165) is 37.1 Å². The highest BCUT2D eigenvalue weighted by molar-refractivity contribution is 7.15. The van der Waals surface area contributed by atoms with Crippen LogP contribution in [0.1, 0.15) is 10.6 Å². The zero-order valence-corrected chi connectivity index (χ0v) is 10.5. The average molecular weight is 239 g/mol. The second-order valence-corrected chi connectivity index (χ2v) is 5.69. The van der Waals surface area contributed by atoms with Crippen molar-refractivity contribution >= 4 is 16.5 Å². The number of nitrogens with zero attached hydrogens (tertiary/aromatic N) is 2. The largest absolute Gasteiger partial charge is 0.373 e. The number of ether oxygens (including phenoxy) is 1. The Hall–Kier alpha value is -0.650. The van der Waals surface area contributed by atoms with E-state index in [9.17, 15) is 0 Å². The van der Waals surface area contributed by atoms with Crippen molar-refractivity contribution in [2.24, 2.45) is 0 Å². The fourth-order valence-corrected chi connectivity index (χ4v) is 3.27. The van der Waals surface area contributed by atoms with E-state index >= 15 is 0 Å². The molecule has 3 rings (SSSR count). The van der Waals surface area contributed by atoms with Gasteiger partial charge in [-0.1, -0.05) is 0 Å². The molecule has 16 heavy (non-hydrogen) atoms. The zero-order chi connectivity index (χ0) is 11.1. The van der Waals surface area contributed by atoms with Gasteiger partial charge in [0.15, 0.2) is 5.13 Å². The van der Waals surface area contributed by atoms with Crippen LogP contribution in [0.3, 0.4) is 0 Å². The topological polar surface area (TPSA) is 37.4 Å². The van der Waals surface area contributed by atoms with E-state index in [0.29, 0.717) is 12.1 Å². The summed E-state index contributed by atoms with van der Waals surface area (Å²) < 4.78 is 5.76. The number of morpholine rings is 1. The average Bonchev–Trinajstić information content (AvgIpc) is 2.83. The number of rotatable bonds is 1. The van der Waals surface area contributed by atoms with Crippen molar-refractivity contribution in [1.82, 2.24) is 10.3 Å². The van der Waals surface area contributed by atoms with Crippen LogP contribution >= 0.6 is 11.3 Å². The molecule has 3 heterocycles. The third kappa shape index (κ3) is 1.73. The molecule has 0 aromatic carbocycles. The van der Waals surface area contributed by atoms with Gasteiger partial charge in [-0.05, 0) is 13.8 Å². The Kier molecular flexibility index (Phi) is 2.61. The highest BCUT2D eigenvalue weighted by Gasteiger charge is 2.36. The first kappa shape index (κ1) is 10.5.